The molecule has 1 aromatic rings. The standard InChI is InChI=1S/C11H13O2/c1-12-10-6-8-4-3-5-9(8)7-11(10)13-2/h4,6-7H,3,5H2,1-2H3. The maximum atomic E-state index is 5.22. The first-order chi connectivity index (χ1) is 6.35. The normalized spacial score (nSPS) is 14.0. The molecule has 0 bridgehead atoms. The maximum Gasteiger partial charge on any atom is 0.161 e. The first-order valence-corrected chi connectivity index (χ1v) is 4.43. The van der Waals surface area contributed by atoms with Crippen LogP contribution in [-0.4, -0.2) is 14.2 Å². The molecular weight excluding hydrogens is 164 g/mol. The van der Waals surface area contributed by atoms with Gasteiger partial charge < -0.3 is 9.47 Å². The van der Waals surface area contributed by atoms with E-state index in [9.17, 15) is 0 Å². The summed E-state index contributed by atoms with van der Waals surface area (Å²) in [5.74, 6) is 1.65. The predicted octanol–water partition coefficient (Wildman–Crippen LogP) is 2.20. The second-order valence-corrected chi connectivity index (χ2v) is 3.15. The first kappa shape index (κ1) is 8.42. The number of ether oxygens (including phenoxy) is 2. The predicted molar refractivity (Wildman–Crippen MR) is 51.3 cm³/mol. The van der Waals surface area contributed by atoms with Gasteiger partial charge in [0.2, 0.25) is 0 Å². The summed E-state index contributed by atoms with van der Waals surface area (Å²) < 4.78 is 10.4. The Morgan fingerprint density at radius 1 is 1.08 bits per heavy atom. The highest BCUT2D eigenvalue weighted by molar-refractivity contribution is 5.51. The Kier molecular flexibility index (Phi) is 2.13. The van der Waals surface area contributed by atoms with Crippen molar-refractivity contribution in [2.75, 3.05) is 14.2 Å². The van der Waals surface area contributed by atoms with E-state index in [0.717, 1.165) is 24.3 Å². The zero-order valence-corrected chi connectivity index (χ0v) is 7.96. The van der Waals surface area contributed by atoms with Crippen LogP contribution in [-0.2, 0) is 6.42 Å². The van der Waals surface area contributed by atoms with Crippen LogP contribution >= 0.6 is 0 Å². The second kappa shape index (κ2) is 3.29. The molecule has 0 heterocycles. The third-order valence-electron chi connectivity index (χ3n) is 2.42. The molecule has 0 spiro atoms. The summed E-state index contributed by atoms with van der Waals surface area (Å²) in [6, 6.07) is 4.11. The largest absolute Gasteiger partial charge is 0.493 e. The second-order valence-electron chi connectivity index (χ2n) is 3.15. The number of hydrogen-bond acceptors (Lipinski definition) is 2. The van der Waals surface area contributed by atoms with Crippen molar-refractivity contribution in [1.29, 1.82) is 0 Å². The molecule has 0 unspecified atom stereocenters. The molecule has 0 fully saturated rings. The maximum absolute atomic E-state index is 5.22. The molecule has 2 heteroatoms. The van der Waals surface area contributed by atoms with Crippen molar-refractivity contribution in [3.8, 4) is 11.5 Å². The van der Waals surface area contributed by atoms with E-state index in [1.54, 1.807) is 14.2 Å². The minimum atomic E-state index is 0.819. The molecule has 2 nitrogen and oxygen atoms in total. The Hall–Kier alpha value is -1.18. The van der Waals surface area contributed by atoms with E-state index >= 15 is 0 Å². The molecule has 1 aromatic carbocycles. The summed E-state index contributed by atoms with van der Waals surface area (Å²) in [4.78, 5) is 0. The number of hydrogen-bond donors (Lipinski definition) is 0. The highest BCUT2D eigenvalue weighted by Crippen LogP contribution is 2.35. The molecule has 13 heavy (non-hydrogen) atoms. The van der Waals surface area contributed by atoms with Crippen LogP contribution in [0.5, 0.6) is 11.5 Å². The average molecular weight is 177 g/mol. The fraction of sp³-hybridized carbons (Fsp3) is 0.364. The van der Waals surface area contributed by atoms with E-state index in [4.69, 9.17) is 9.47 Å². The number of methoxy groups -OCH3 is 2. The molecule has 0 saturated carbocycles. The van der Waals surface area contributed by atoms with Crippen LogP contribution in [0.15, 0.2) is 12.1 Å². The lowest BCUT2D eigenvalue weighted by Crippen LogP contribution is -1.92. The lowest BCUT2D eigenvalue weighted by molar-refractivity contribution is 0.354. The molecule has 0 atom stereocenters. The topological polar surface area (TPSA) is 18.5 Å². The quantitative estimate of drug-likeness (QED) is 0.689. The first-order valence-electron chi connectivity index (χ1n) is 4.43. The van der Waals surface area contributed by atoms with Crippen molar-refractivity contribution in [3.05, 3.63) is 29.7 Å². The molecule has 1 aliphatic carbocycles. The fourth-order valence-corrected chi connectivity index (χ4v) is 1.73. The number of aryl methyl sites for hydroxylation is 1. The van der Waals surface area contributed by atoms with E-state index in [2.05, 4.69) is 12.5 Å². The van der Waals surface area contributed by atoms with Gasteiger partial charge in [-0.3, -0.25) is 0 Å². The van der Waals surface area contributed by atoms with Gasteiger partial charge in [0.15, 0.2) is 11.5 Å². The zero-order chi connectivity index (χ0) is 9.26. The van der Waals surface area contributed by atoms with E-state index in [1.807, 2.05) is 6.07 Å². The molecule has 0 aromatic heterocycles. The summed E-state index contributed by atoms with van der Waals surface area (Å²) in [6.45, 7) is 0. The van der Waals surface area contributed by atoms with E-state index < -0.39 is 0 Å². The van der Waals surface area contributed by atoms with Crippen LogP contribution in [0.3, 0.4) is 0 Å². The Morgan fingerprint density at radius 2 is 1.77 bits per heavy atom. The molecule has 1 radical (unpaired) electrons. The van der Waals surface area contributed by atoms with Gasteiger partial charge in [-0.05, 0) is 42.5 Å². The van der Waals surface area contributed by atoms with Crippen molar-refractivity contribution >= 4 is 0 Å². The van der Waals surface area contributed by atoms with Crippen molar-refractivity contribution in [2.24, 2.45) is 0 Å². The summed E-state index contributed by atoms with van der Waals surface area (Å²) in [5.41, 5.74) is 2.65. The minimum absolute atomic E-state index is 0.819. The Morgan fingerprint density at radius 3 is 2.46 bits per heavy atom. The lowest BCUT2D eigenvalue weighted by Gasteiger charge is -2.09. The molecule has 69 valence electrons. The van der Waals surface area contributed by atoms with E-state index in [-0.39, 0.29) is 0 Å². The minimum Gasteiger partial charge on any atom is -0.493 e. The Labute approximate surface area is 78.5 Å². The molecular formula is C11H13O2. The van der Waals surface area contributed by atoms with Crippen LogP contribution in [0, 0.1) is 6.42 Å². The van der Waals surface area contributed by atoms with Gasteiger partial charge in [0, 0.05) is 0 Å². The third kappa shape index (κ3) is 1.37. The molecule has 0 saturated heterocycles. The Balaban J connectivity index is 2.47. The van der Waals surface area contributed by atoms with Crippen LogP contribution in [0.25, 0.3) is 0 Å². The molecule has 1 aliphatic rings. The van der Waals surface area contributed by atoms with Crippen LogP contribution in [0.4, 0.5) is 0 Å². The molecule has 2 rings (SSSR count). The van der Waals surface area contributed by atoms with Gasteiger partial charge in [0.05, 0.1) is 14.2 Å². The average Bonchev–Trinajstić information content (AvgIpc) is 2.62. The molecule has 0 amide bonds. The highest BCUT2D eigenvalue weighted by Gasteiger charge is 2.15. The van der Waals surface area contributed by atoms with Gasteiger partial charge in [0.25, 0.3) is 0 Å². The number of rotatable bonds is 2. The van der Waals surface area contributed by atoms with Gasteiger partial charge in [-0.1, -0.05) is 0 Å². The fourth-order valence-electron chi connectivity index (χ4n) is 1.73. The van der Waals surface area contributed by atoms with Crippen molar-refractivity contribution in [2.45, 2.75) is 12.8 Å². The van der Waals surface area contributed by atoms with Crippen molar-refractivity contribution in [3.63, 3.8) is 0 Å². The van der Waals surface area contributed by atoms with Gasteiger partial charge in [-0.25, -0.2) is 0 Å². The zero-order valence-electron chi connectivity index (χ0n) is 7.96. The van der Waals surface area contributed by atoms with E-state index in [0.29, 0.717) is 0 Å². The van der Waals surface area contributed by atoms with Gasteiger partial charge in [-0.2, -0.15) is 0 Å². The van der Waals surface area contributed by atoms with Crippen LogP contribution < -0.4 is 9.47 Å². The third-order valence-corrected chi connectivity index (χ3v) is 2.42. The van der Waals surface area contributed by atoms with Gasteiger partial charge in [-0.15, -0.1) is 0 Å². The lowest BCUT2D eigenvalue weighted by atomic mass is 10.1. The highest BCUT2D eigenvalue weighted by atomic mass is 16.5. The monoisotopic (exact) mass is 177 g/mol. The van der Waals surface area contributed by atoms with Crippen LogP contribution in [0.2, 0.25) is 0 Å². The SMILES string of the molecule is COc1cc2c(cc1OC)CC[CH]2. The van der Waals surface area contributed by atoms with Gasteiger partial charge >= 0.3 is 0 Å². The summed E-state index contributed by atoms with van der Waals surface area (Å²) in [6.07, 6.45) is 4.48. The smallest absolute Gasteiger partial charge is 0.161 e. The van der Waals surface area contributed by atoms with E-state index in [1.165, 1.54) is 11.1 Å². The summed E-state index contributed by atoms with van der Waals surface area (Å²) in [7, 11) is 3.34. The Bertz CT molecular complexity index is 287. The molecule has 0 aliphatic heterocycles. The summed E-state index contributed by atoms with van der Waals surface area (Å²) >= 11 is 0. The van der Waals surface area contributed by atoms with Gasteiger partial charge in [0.1, 0.15) is 0 Å². The van der Waals surface area contributed by atoms with Crippen LogP contribution in [0.1, 0.15) is 17.5 Å². The van der Waals surface area contributed by atoms with Crippen molar-refractivity contribution < 1.29 is 9.47 Å². The number of fused-ring (bicyclic) bond motifs is 1. The van der Waals surface area contributed by atoms with Crippen molar-refractivity contribution in [1.82, 2.24) is 0 Å². The molecule has 0 N–H and O–H groups in total. The number of benzene rings is 1. The summed E-state index contributed by atoms with van der Waals surface area (Å²) in [5, 5.41) is 0.